The van der Waals surface area contributed by atoms with E-state index >= 15 is 0 Å². The molecule has 0 saturated heterocycles. The van der Waals surface area contributed by atoms with Crippen LogP contribution in [0.5, 0.6) is 23.0 Å². The standard InChI is InChI=1S/C12H15NO6/c1-13(17-4)12(14)7-5-8-10(19-6-18-8)11(16-3)9(7)15-2/h5H,6H2,1-4H3. The van der Waals surface area contributed by atoms with Crippen LogP contribution in [0.2, 0.25) is 0 Å². The molecule has 0 unspecified atom stereocenters. The summed E-state index contributed by atoms with van der Waals surface area (Å²) < 4.78 is 21.1. The van der Waals surface area contributed by atoms with Gasteiger partial charge in [-0.3, -0.25) is 9.63 Å². The maximum Gasteiger partial charge on any atom is 0.281 e. The van der Waals surface area contributed by atoms with Crippen molar-refractivity contribution in [2.24, 2.45) is 0 Å². The summed E-state index contributed by atoms with van der Waals surface area (Å²) in [7, 11) is 5.81. The molecule has 0 spiro atoms. The highest BCUT2D eigenvalue weighted by atomic mass is 16.7. The van der Waals surface area contributed by atoms with Gasteiger partial charge in [-0.25, -0.2) is 5.06 Å². The summed E-state index contributed by atoms with van der Waals surface area (Å²) in [5.41, 5.74) is 0.271. The zero-order chi connectivity index (χ0) is 14.0. The number of amides is 1. The number of methoxy groups -OCH3 is 2. The molecule has 0 aliphatic carbocycles. The fraction of sp³-hybridized carbons (Fsp3) is 0.417. The lowest BCUT2D eigenvalue weighted by molar-refractivity contribution is -0.0758. The van der Waals surface area contributed by atoms with Crippen molar-refractivity contribution >= 4 is 5.91 Å². The molecule has 1 heterocycles. The number of rotatable bonds is 4. The van der Waals surface area contributed by atoms with Crippen molar-refractivity contribution in [1.82, 2.24) is 5.06 Å². The van der Waals surface area contributed by atoms with E-state index in [0.717, 1.165) is 5.06 Å². The first-order valence-electron chi connectivity index (χ1n) is 5.50. The molecule has 0 aromatic heterocycles. The Kier molecular flexibility index (Phi) is 3.66. The molecule has 1 amide bonds. The van der Waals surface area contributed by atoms with Crippen LogP contribution in [0.4, 0.5) is 0 Å². The molecule has 104 valence electrons. The quantitative estimate of drug-likeness (QED) is 0.762. The van der Waals surface area contributed by atoms with Crippen LogP contribution in [-0.2, 0) is 4.84 Å². The number of hydrogen-bond donors (Lipinski definition) is 0. The molecule has 7 nitrogen and oxygen atoms in total. The summed E-state index contributed by atoms with van der Waals surface area (Å²) in [6.07, 6.45) is 0. The molecule has 1 aliphatic rings. The van der Waals surface area contributed by atoms with Gasteiger partial charge in [0.2, 0.25) is 18.3 Å². The van der Waals surface area contributed by atoms with Crippen LogP contribution in [-0.4, -0.2) is 46.1 Å². The highest BCUT2D eigenvalue weighted by Gasteiger charge is 2.30. The van der Waals surface area contributed by atoms with E-state index in [1.165, 1.54) is 28.4 Å². The van der Waals surface area contributed by atoms with Crippen molar-refractivity contribution in [2.45, 2.75) is 0 Å². The Hall–Kier alpha value is -2.15. The van der Waals surface area contributed by atoms with Gasteiger partial charge < -0.3 is 18.9 Å². The van der Waals surface area contributed by atoms with Crippen LogP contribution >= 0.6 is 0 Å². The van der Waals surface area contributed by atoms with Gasteiger partial charge in [-0.15, -0.1) is 0 Å². The Morgan fingerprint density at radius 2 is 1.89 bits per heavy atom. The van der Waals surface area contributed by atoms with E-state index in [1.54, 1.807) is 6.07 Å². The molecule has 0 fully saturated rings. The first kappa shape index (κ1) is 13.3. The lowest BCUT2D eigenvalue weighted by Crippen LogP contribution is -2.26. The van der Waals surface area contributed by atoms with Crippen LogP contribution in [0.1, 0.15) is 10.4 Å². The van der Waals surface area contributed by atoms with Crippen molar-refractivity contribution in [2.75, 3.05) is 35.2 Å². The van der Waals surface area contributed by atoms with Gasteiger partial charge in [-0.1, -0.05) is 0 Å². The van der Waals surface area contributed by atoms with E-state index < -0.39 is 0 Å². The Morgan fingerprint density at radius 1 is 1.21 bits per heavy atom. The van der Waals surface area contributed by atoms with Crippen molar-refractivity contribution in [3.8, 4) is 23.0 Å². The maximum absolute atomic E-state index is 12.2. The predicted octanol–water partition coefficient (Wildman–Crippen LogP) is 1.07. The fourth-order valence-electron chi connectivity index (χ4n) is 1.79. The van der Waals surface area contributed by atoms with Crippen LogP contribution in [0.3, 0.4) is 0 Å². The van der Waals surface area contributed by atoms with Gasteiger partial charge in [0.15, 0.2) is 11.5 Å². The molecule has 2 rings (SSSR count). The third-order valence-electron chi connectivity index (χ3n) is 2.77. The lowest BCUT2D eigenvalue weighted by atomic mass is 10.1. The van der Waals surface area contributed by atoms with Crippen LogP contribution < -0.4 is 18.9 Å². The molecule has 1 aromatic rings. The van der Waals surface area contributed by atoms with Crippen LogP contribution in [0.15, 0.2) is 6.07 Å². The average molecular weight is 269 g/mol. The summed E-state index contributed by atoms with van der Waals surface area (Å²) in [4.78, 5) is 17.1. The van der Waals surface area contributed by atoms with E-state index in [2.05, 4.69) is 0 Å². The van der Waals surface area contributed by atoms with Gasteiger partial charge in [0.25, 0.3) is 5.91 Å². The molecule has 0 saturated carbocycles. The van der Waals surface area contributed by atoms with E-state index in [-0.39, 0.29) is 24.0 Å². The van der Waals surface area contributed by atoms with Crippen molar-refractivity contribution in [1.29, 1.82) is 0 Å². The Balaban J connectivity index is 2.58. The van der Waals surface area contributed by atoms with E-state index in [0.29, 0.717) is 17.2 Å². The normalized spacial score (nSPS) is 12.2. The number of nitrogens with zero attached hydrogens (tertiary/aromatic N) is 1. The first-order chi connectivity index (χ1) is 9.13. The maximum atomic E-state index is 12.2. The second kappa shape index (κ2) is 5.23. The molecule has 1 aliphatic heterocycles. The molecule has 1 aromatic carbocycles. The SMILES string of the molecule is COc1c(C(=O)N(C)OC)cc2c(c1OC)OCO2. The Morgan fingerprint density at radius 3 is 2.47 bits per heavy atom. The van der Waals surface area contributed by atoms with Gasteiger partial charge in [-0.05, 0) is 0 Å². The number of hydroxylamine groups is 2. The minimum absolute atomic E-state index is 0.0760. The van der Waals surface area contributed by atoms with Gasteiger partial charge in [0.1, 0.15) is 0 Å². The molecule has 7 heteroatoms. The smallest absolute Gasteiger partial charge is 0.281 e. The number of carbonyl (C=O) groups excluding carboxylic acids is 1. The van der Waals surface area contributed by atoms with Gasteiger partial charge >= 0.3 is 0 Å². The van der Waals surface area contributed by atoms with Gasteiger partial charge in [0, 0.05) is 13.1 Å². The molecule has 0 N–H and O–H groups in total. The highest BCUT2D eigenvalue weighted by molar-refractivity contribution is 5.98. The summed E-state index contributed by atoms with van der Waals surface area (Å²) in [6, 6.07) is 1.54. The summed E-state index contributed by atoms with van der Waals surface area (Å²) in [5, 5.41) is 1.08. The fourth-order valence-corrected chi connectivity index (χ4v) is 1.79. The molecule has 19 heavy (non-hydrogen) atoms. The van der Waals surface area contributed by atoms with Crippen LogP contribution in [0.25, 0.3) is 0 Å². The zero-order valence-corrected chi connectivity index (χ0v) is 11.2. The van der Waals surface area contributed by atoms with E-state index in [4.69, 9.17) is 23.8 Å². The number of carbonyl (C=O) groups is 1. The molecule has 0 radical (unpaired) electrons. The summed E-state index contributed by atoms with van der Waals surface area (Å²) in [6.45, 7) is 0.0760. The van der Waals surface area contributed by atoms with E-state index in [9.17, 15) is 4.79 Å². The minimum atomic E-state index is -0.379. The topological polar surface area (TPSA) is 66.5 Å². The average Bonchev–Trinajstić information content (AvgIpc) is 2.91. The number of fused-ring (bicyclic) bond motifs is 1. The lowest BCUT2D eigenvalue weighted by Gasteiger charge is -2.18. The molecular formula is C12H15NO6. The predicted molar refractivity (Wildman–Crippen MR) is 64.8 cm³/mol. The molecule has 0 atom stereocenters. The Bertz CT molecular complexity index is 501. The van der Waals surface area contributed by atoms with Crippen LogP contribution in [0, 0.1) is 0 Å². The van der Waals surface area contributed by atoms with Crippen molar-refractivity contribution in [3.05, 3.63) is 11.6 Å². The number of ether oxygens (including phenoxy) is 4. The third kappa shape index (κ3) is 2.12. The van der Waals surface area contributed by atoms with Crippen molar-refractivity contribution in [3.63, 3.8) is 0 Å². The number of hydrogen-bond acceptors (Lipinski definition) is 6. The van der Waals surface area contributed by atoms with Crippen molar-refractivity contribution < 1.29 is 28.6 Å². The summed E-state index contributed by atoms with van der Waals surface area (Å²) >= 11 is 0. The highest BCUT2D eigenvalue weighted by Crippen LogP contribution is 2.49. The largest absolute Gasteiger partial charge is 0.492 e. The first-order valence-corrected chi connectivity index (χ1v) is 5.50. The second-order valence-corrected chi connectivity index (χ2v) is 3.71. The second-order valence-electron chi connectivity index (χ2n) is 3.71. The summed E-state index contributed by atoms with van der Waals surface area (Å²) in [5.74, 6) is 1.09. The minimum Gasteiger partial charge on any atom is -0.492 e. The van der Waals surface area contributed by atoms with E-state index in [1.807, 2.05) is 0 Å². The Labute approximate surface area is 110 Å². The molecular weight excluding hydrogens is 254 g/mol. The van der Waals surface area contributed by atoms with Gasteiger partial charge in [0.05, 0.1) is 26.9 Å². The third-order valence-corrected chi connectivity index (χ3v) is 2.77. The van der Waals surface area contributed by atoms with Gasteiger partial charge in [-0.2, -0.15) is 0 Å². The zero-order valence-electron chi connectivity index (χ0n) is 11.2. The number of benzene rings is 1. The monoisotopic (exact) mass is 269 g/mol. The molecule has 0 bridgehead atoms.